The van der Waals surface area contributed by atoms with Crippen LogP contribution in [0.5, 0.6) is 0 Å². The van der Waals surface area contributed by atoms with E-state index in [2.05, 4.69) is 53.4 Å². The summed E-state index contributed by atoms with van der Waals surface area (Å²) in [6, 6.07) is 21.4. The van der Waals surface area contributed by atoms with Crippen LogP contribution in [0.3, 0.4) is 0 Å². The van der Waals surface area contributed by atoms with Crippen LogP contribution in [0.2, 0.25) is 0 Å². The Morgan fingerprint density at radius 2 is 1.32 bits per heavy atom. The van der Waals surface area contributed by atoms with Crippen LogP contribution in [0.1, 0.15) is 31.0 Å². The zero-order valence-corrected chi connectivity index (χ0v) is 15.1. The lowest BCUT2D eigenvalue weighted by molar-refractivity contribution is -0.137. The van der Waals surface area contributed by atoms with Gasteiger partial charge in [-0.1, -0.05) is 60.7 Å². The fraction of sp³-hybridized carbons (Fsp3) is 0.381. The summed E-state index contributed by atoms with van der Waals surface area (Å²) in [6.07, 6.45) is 0. The smallest absolute Gasteiger partial charge is 0.242 e. The molecule has 0 bridgehead atoms. The van der Waals surface area contributed by atoms with Gasteiger partial charge >= 0.3 is 0 Å². The van der Waals surface area contributed by atoms with Gasteiger partial charge in [0.1, 0.15) is 0 Å². The summed E-state index contributed by atoms with van der Waals surface area (Å²) in [7, 11) is 0. The van der Waals surface area contributed by atoms with Crippen LogP contribution in [0, 0.1) is 0 Å². The average molecular weight is 337 g/mol. The topological polar surface area (TPSA) is 49.6 Å². The molecule has 0 aromatic heterocycles. The standard InChI is InChI=1S/C21H27N3O/c1-21(2,22)20(25)24-15-13-23(14-16-24)19(17-9-5-3-6-10-17)18-11-7-4-8-12-18/h3-12,19H,13-16,22H2,1-2H3. The third-order valence-electron chi connectivity index (χ3n) is 4.75. The molecule has 1 heterocycles. The van der Waals surface area contributed by atoms with Crippen LogP contribution in [0.25, 0.3) is 0 Å². The fourth-order valence-corrected chi connectivity index (χ4v) is 3.48. The van der Waals surface area contributed by atoms with Crippen molar-refractivity contribution < 1.29 is 4.79 Å². The van der Waals surface area contributed by atoms with E-state index in [0.29, 0.717) is 0 Å². The highest BCUT2D eigenvalue weighted by Gasteiger charge is 2.32. The first kappa shape index (κ1) is 17.6. The van der Waals surface area contributed by atoms with E-state index in [9.17, 15) is 4.79 Å². The number of piperazine rings is 1. The number of nitrogens with two attached hydrogens (primary N) is 1. The number of carbonyl (C=O) groups excluding carboxylic acids is 1. The minimum absolute atomic E-state index is 0.0307. The van der Waals surface area contributed by atoms with Gasteiger partial charge in [-0.3, -0.25) is 9.69 Å². The third-order valence-corrected chi connectivity index (χ3v) is 4.75. The summed E-state index contributed by atoms with van der Waals surface area (Å²) < 4.78 is 0. The number of hydrogen-bond donors (Lipinski definition) is 1. The number of rotatable bonds is 4. The number of hydrogen-bond acceptors (Lipinski definition) is 3. The van der Waals surface area contributed by atoms with Gasteiger partial charge in [0.2, 0.25) is 5.91 Å². The Bertz CT molecular complexity index is 647. The van der Waals surface area contributed by atoms with Gasteiger partial charge in [-0.25, -0.2) is 0 Å². The second kappa shape index (κ2) is 7.38. The molecule has 1 aliphatic rings. The quantitative estimate of drug-likeness (QED) is 0.933. The Morgan fingerprint density at radius 1 is 0.880 bits per heavy atom. The van der Waals surface area contributed by atoms with Crippen LogP contribution in [0.15, 0.2) is 60.7 Å². The van der Waals surface area contributed by atoms with Crippen LogP contribution < -0.4 is 5.73 Å². The van der Waals surface area contributed by atoms with E-state index in [1.807, 2.05) is 17.0 Å². The lowest BCUT2D eigenvalue weighted by Gasteiger charge is -2.41. The summed E-state index contributed by atoms with van der Waals surface area (Å²) in [5, 5.41) is 0. The Balaban J connectivity index is 1.79. The number of benzene rings is 2. The predicted molar refractivity (Wildman–Crippen MR) is 101 cm³/mol. The molecule has 3 rings (SSSR count). The van der Waals surface area contributed by atoms with E-state index >= 15 is 0 Å². The average Bonchev–Trinajstić information content (AvgIpc) is 2.63. The highest BCUT2D eigenvalue weighted by molar-refractivity contribution is 5.85. The van der Waals surface area contributed by atoms with Crippen molar-refractivity contribution in [3.8, 4) is 0 Å². The first-order valence-electron chi connectivity index (χ1n) is 8.89. The molecule has 4 nitrogen and oxygen atoms in total. The van der Waals surface area contributed by atoms with Crippen molar-refractivity contribution in [2.45, 2.75) is 25.4 Å². The molecule has 25 heavy (non-hydrogen) atoms. The van der Waals surface area contributed by atoms with Crippen molar-refractivity contribution in [3.63, 3.8) is 0 Å². The minimum atomic E-state index is -0.805. The highest BCUT2D eigenvalue weighted by atomic mass is 16.2. The van der Waals surface area contributed by atoms with Crippen molar-refractivity contribution in [1.29, 1.82) is 0 Å². The first-order chi connectivity index (χ1) is 12.0. The van der Waals surface area contributed by atoms with Gasteiger partial charge in [-0.2, -0.15) is 0 Å². The van der Waals surface area contributed by atoms with Gasteiger partial charge in [-0.15, -0.1) is 0 Å². The molecule has 0 unspecified atom stereocenters. The highest BCUT2D eigenvalue weighted by Crippen LogP contribution is 2.29. The number of amides is 1. The summed E-state index contributed by atoms with van der Waals surface area (Å²) in [5.41, 5.74) is 7.75. The second-order valence-corrected chi connectivity index (χ2v) is 7.27. The van der Waals surface area contributed by atoms with Gasteiger partial charge in [0.05, 0.1) is 11.6 Å². The molecule has 0 radical (unpaired) electrons. The van der Waals surface area contributed by atoms with Crippen LogP contribution >= 0.6 is 0 Å². The first-order valence-corrected chi connectivity index (χ1v) is 8.89. The molecule has 0 aliphatic carbocycles. The zero-order valence-electron chi connectivity index (χ0n) is 15.1. The van der Waals surface area contributed by atoms with Crippen molar-refractivity contribution in [3.05, 3.63) is 71.8 Å². The molecule has 0 atom stereocenters. The second-order valence-electron chi connectivity index (χ2n) is 7.27. The van der Waals surface area contributed by atoms with E-state index in [1.54, 1.807) is 13.8 Å². The normalized spacial score (nSPS) is 16.2. The van der Waals surface area contributed by atoms with Crippen LogP contribution in [0.4, 0.5) is 0 Å². The van der Waals surface area contributed by atoms with Crippen LogP contribution in [-0.2, 0) is 4.79 Å². The van der Waals surface area contributed by atoms with Crippen LogP contribution in [-0.4, -0.2) is 47.4 Å². The molecule has 1 aliphatic heterocycles. The maximum atomic E-state index is 12.4. The van der Waals surface area contributed by atoms with E-state index in [4.69, 9.17) is 5.73 Å². The van der Waals surface area contributed by atoms with E-state index in [0.717, 1.165) is 26.2 Å². The molecule has 2 aromatic carbocycles. The lowest BCUT2D eigenvalue weighted by atomic mass is 9.96. The van der Waals surface area contributed by atoms with Crippen molar-refractivity contribution in [2.75, 3.05) is 26.2 Å². The van der Waals surface area contributed by atoms with Gasteiger partial charge in [0.25, 0.3) is 0 Å². The van der Waals surface area contributed by atoms with Crippen molar-refractivity contribution >= 4 is 5.91 Å². The van der Waals surface area contributed by atoms with E-state index in [-0.39, 0.29) is 11.9 Å². The summed E-state index contributed by atoms with van der Waals surface area (Å²) in [6.45, 7) is 6.68. The molecule has 2 aromatic rings. The third kappa shape index (κ3) is 4.09. The molecular formula is C21H27N3O. The zero-order chi connectivity index (χ0) is 17.9. The molecule has 1 fully saturated rings. The monoisotopic (exact) mass is 337 g/mol. The predicted octanol–water partition coefficient (Wildman–Crippen LogP) is 2.66. The Kier molecular flexibility index (Phi) is 5.21. The Morgan fingerprint density at radius 3 is 1.72 bits per heavy atom. The van der Waals surface area contributed by atoms with Gasteiger partial charge < -0.3 is 10.6 Å². The number of carbonyl (C=O) groups is 1. The minimum Gasteiger partial charge on any atom is -0.339 e. The molecule has 4 heteroatoms. The molecule has 0 saturated carbocycles. The summed E-state index contributed by atoms with van der Waals surface area (Å²) in [4.78, 5) is 16.8. The maximum absolute atomic E-state index is 12.4. The summed E-state index contributed by atoms with van der Waals surface area (Å²) >= 11 is 0. The van der Waals surface area contributed by atoms with Gasteiger partial charge in [0.15, 0.2) is 0 Å². The van der Waals surface area contributed by atoms with Gasteiger partial charge in [0, 0.05) is 26.2 Å². The molecule has 0 spiro atoms. The SMILES string of the molecule is CC(C)(N)C(=O)N1CCN(C(c2ccccc2)c2ccccc2)CC1. The summed E-state index contributed by atoms with van der Waals surface area (Å²) in [5.74, 6) is 0.0307. The van der Waals surface area contributed by atoms with Crippen molar-refractivity contribution in [2.24, 2.45) is 5.73 Å². The molecule has 2 N–H and O–H groups in total. The Labute approximate surface area is 150 Å². The fourth-order valence-electron chi connectivity index (χ4n) is 3.48. The lowest BCUT2D eigenvalue weighted by Crippen LogP contribution is -2.57. The molecule has 1 amide bonds. The molecule has 1 saturated heterocycles. The van der Waals surface area contributed by atoms with Gasteiger partial charge in [-0.05, 0) is 25.0 Å². The van der Waals surface area contributed by atoms with E-state index in [1.165, 1.54) is 11.1 Å². The largest absolute Gasteiger partial charge is 0.339 e. The maximum Gasteiger partial charge on any atom is 0.242 e. The molecular weight excluding hydrogens is 310 g/mol. The van der Waals surface area contributed by atoms with E-state index < -0.39 is 5.54 Å². The van der Waals surface area contributed by atoms with Crippen molar-refractivity contribution in [1.82, 2.24) is 9.80 Å². The number of nitrogens with zero attached hydrogens (tertiary/aromatic N) is 2. The Hall–Kier alpha value is -2.17. The molecule has 132 valence electrons.